The highest BCUT2D eigenvalue weighted by Gasteiger charge is 2.24. The van der Waals surface area contributed by atoms with Crippen LogP contribution in [0.25, 0.3) is 0 Å². The zero-order chi connectivity index (χ0) is 18.4. The highest BCUT2D eigenvalue weighted by molar-refractivity contribution is 5.92. The van der Waals surface area contributed by atoms with Crippen molar-refractivity contribution in [3.63, 3.8) is 0 Å². The minimum Gasteiger partial charge on any atom is -0.480 e. The summed E-state index contributed by atoms with van der Waals surface area (Å²) in [5.74, 6) is -0.371. The molecule has 0 saturated carbocycles. The highest BCUT2D eigenvalue weighted by Crippen LogP contribution is 2.19. The van der Waals surface area contributed by atoms with Crippen molar-refractivity contribution in [2.24, 2.45) is 0 Å². The molecule has 1 aliphatic rings. The van der Waals surface area contributed by atoms with Crippen LogP contribution in [0.15, 0.2) is 24.3 Å². The van der Waals surface area contributed by atoms with Crippen molar-refractivity contribution in [3.8, 4) is 0 Å². The van der Waals surface area contributed by atoms with E-state index in [1.807, 2.05) is 30.1 Å². The largest absolute Gasteiger partial charge is 0.480 e. The van der Waals surface area contributed by atoms with E-state index in [4.69, 9.17) is 5.11 Å². The topological polar surface area (TPSA) is 72.9 Å². The molecule has 0 spiro atoms. The Kier molecular flexibility index (Phi) is 9.05. The fourth-order valence-electron chi connectivity index (χ4n) is 3.24. The lowest BCUT2D eigenvalue weighted by Crippen LogP contribution is -2.46. The van der Waals surface area contributed by atoms with Crippen molar-refractivity contribution in [2.45, 2.75) is 38.6 Å². The molecule has 6 nitrogen and oxygen atoms in total. The molecule has 0 atom stereocenters. The molecule has 1 amide bonds. The van der Waals surface area contributed by atoms with E-state index in [2.05, 4.69) is 30.1 Å². The number of amides is 1. The van der Waals surface area contributed by atoms with Gasteiger partial charge in [0.05, 0.1) is 13.1 Å². The molecule has 7 heteroatoms. The fourth-order valence-corrected chi connectivity index (χ4v) is 3.24. The van der Waals surface area contributed by atoms with Crippen molar-refractivity contribution in [1.29, 1.82) is 0 Å². The summed E-state index contributed by atoms with van der Waals surface area (Å²) in [5.41, 5.74) is 2.05. The maximum absolute atomic E-state index is 12.3. The molecule has 1 aromatic rings. The van der Waals surface area contributed by atoms with Gasteiger partial charge in [0.15, 0.2) is 0 Å². The second-order valence-corrected chi connectivity index (χ2v) is 7.14. The first-order valence-electron chi connectivity index (χ1n) is 8.89. The molecule has 0 bridgehead atoms. The predicted octanol–water partition coefficient (Wildman–Crippen LogP) is 2.65. The second kappa shape index (κ2) is 10.5. The SMILES string of the molecule is CC(C)c1cccc(NC(=O)CN2CCC(N(C)CC(=O)O)CC2)c1.Cl. The van der Waals surface area contributed by atoms with Crippen molar-refractivity contribution >= 4 is 30.0 Å². The van der Waals surface area contributed by atoms with Crippen LogP contribution in [0, 0.1) is 0 Å². The van der Waals surface area contributed by atoms with Crippen molar-refractivity contribution in [3.05, 3.63) is 29.8 Å². The van der Waals surface area contributed by atoms with Gasteiger partial charge in [0.1, 0.15) is 0 Å². The molecule has 0 radical (unpaired) electrons. The molecule has 1 saturated heterocycles. The quantitative estimate of drug-likeness (QED) is 0.757. The van der Waals surface area contributed by atoms with E-state index in [-0.39, 0.29) is 30.9 Å². The molecule has 0 aliphatic carbocycles. The summed E-state index contributed by atoms with van der Waals surface area (Å²) in [6.07, 6.45) is 1.78. The van der Waals surface area contributed by atoms with Crippen LogP contribution in [0.1, 0.15) is 38.2 Å². The summed E-state index contributed by atoms with van der Waals surface area (Å²) < 4.78 is 0. The Morgan fingerprint density at radius 1 is 1.31 bits per heavy atom. The summed E-state index contributed by atoms with van der Waals surface area (Å²) in [6, 6.07) is 8.25. The minimum atomic E-state index is -0.798. The molecular weight excluding hydrogens is 354 g/mol. The molecule has 2 rings (SSSR count). The number of piperidine rings is 1. The number of hydrogen-bond acceptors (Lipinski definition) is 4. The van der Waals surface area contributed by atoms with Crippen LogP contribution in [0.3, 0.4) is 0 Å². The lowest BCUT2D eigenvalue weighted by Gasteiger charge is -2.35. The number of nitrogens with one attached hydrogen (secondary N) is 1. The summed E-state index contributed by atoms with van der Waals surface area (Å²) >= 11 is 0. The van der Waals surface area contributed by atoms with Crippen LogP contribution in [0.2, 0.25) is 0 Å². The zero-order valence-electron chi connectivity index (χ0n) is 15.8. The number of nitrogens with zero attached hydrogens (tertiary/aromatic N) is 2. The van der Waals surface area contributed by atoms with Gasteiger partial charge in [-0.25, -0.2) is 0 Å². The van der Waals surface area contributed by atoms with Crippen LogP contribution < -0.4 is 5.32 Å². The predicted molar refractivity (Wildman–Crippen MR) is 106 cm³/mol. The van der Waals surface area contributed by atoms with Crippen molar-refractivity contribution < 1.29 is 14.7 Å². The zero-order valence-corrected chi connectivity index (χ0v) is 16.6. The Balaban J connectivity index is 0.00000338. The average Bonchev–Trinajstić information content (AvgIpc) is 2.55. The number of carboxylic acid groups (broad SMARTS) is 1. The van der Waals surface area contributed by atoms with Gasteiger partial charge in [-0.1, -0.05) is 26.0 Å². The molecule has 1 heterocycles. The monoisotopic (exact) mass is 383 g/mol. The first-order valence-corrected chi connectivity index (χ1v) is 8.89. The van der Waals surface area contributed by atoms with Crippen molar-refractivity contribution in [2.75, 3.05) is 38.5 Å². The third-order valence-corrected chi connectivity index (χ3v) is 4.77. The molecule has 1 aromatic carbocycles. The van der Waals surface area contributed by atoms with Crippen LogP contribution in [0.4, 0.5) is 5.69 Å². The van der Waals surface area contributed by atoms with Gasteiger partial charge in [0, 0.05) is 24.8 Å². The minimum absolute atomic E-state index is 0. The first kappa shape index (κ1) is 22.4. The van der Waals surface area contributed by atoms with Gasteiger partial charge in [-0.15, -0.1) is 12.4 Å². The Morgan fingerprint density at radius 2 is 1.96 bits per heavy atom. The van der Waals surface area contributed by atoms with E-state index in [0.29, 0.717) is 12.5 Å². The van der Waals surface area contributed by atoms with Gasteiger partial charge < -0.3 is 10.4 Å². The molecular formula is C19H30ClN3O3. The van der Waals surface area contributed by atoms with Crippen LogP contribution in [-0.2, 0) is 9.59 Å². The molecule has 26 heavy (non-hydrogen) atoms. The van der Waals surface area contributed by atoms with E-state index in [1.54, 1.807) is 0 Å². The number of halogens is 1. The Hall–Kier alpha value is -1.63. The molecule has 0 aromatic heterocycles. The number of likely N-dealkylation sites (tertiary alicyclic amines) is 1. The van der Waals surface area contributed by atoms with Gasteiger partial charge in [0.25, 0.3) is 0 Å². The normalized spacial score (nSPS) is 15.7. The number of hydrogen-bond donors (Lipinski definition) is 2. The molecule has 1 fully saturated rings. The number of carbonyl (C=O) groups excluding carboxylic acids is 1. The van der Waals surface area contributed by atoms with E-state index in [1.165, 1.54) is 5.56 Å². The average molecular weight is 384 g/mol. The number of rotatable bonds is 7. The smallest absolute Gasteiger partial charge is 0.317 e. The van der Waals surface area contributed by atoms with Gasteiger partial charge in [-0.3, -0.25) is 19.4 Å². The van der Waals surface area contributed by atoms with Gasteiger partial charge in [-0.2, -0.15) is 0 Å². The maximum atomic E-state index is 12.3. The third kappa shape index (κ3) is 6.94. The van der Waals surface area contributed by atoms with E-state index in [9.17, 15) is 9.59 Å². The summed E-state index contributed by atoms with van der Waals surface area (Å²) in [7, 11) is 1.85. The van der Waals surface area contributed by atoms with Crippen LogP contribution >= 0.6 is 12.4 Å². The van der Waals surface area contributed by atoms with E-state index < -0.39 is 5.97 Å². The number of anilines is 1. The molecule has 0 unspecified atom stereocenters. The molecule has 1 aliphatic heterocycles. The van der Waals surface area contributed by atoms with Crippen LogP contribution in [0.5, 0.6) is 0 Å². The molecule has 146 valence electrons. The Bertz CT molecular complexity index is 601. The number of aliphatic carboxylic acids is 1. The van der Waals surface area contributed by atoms with Crippen molar-refractivity contribution in [1.82, 2.24) is 9.80 Å². The van der Waals surface area contributed by atoms with Gasteiger partial charge in [0.2, 0.25) is 5.91 Å². The number of carbonyl (C=O) groups is 2. The standard InChI is InChI=1S/C19H29N3O3.ClH/c1-14(2)15-5-4-6-16(11-15)20-18(23)12-22-9-7-17(8-10-22)21(3)13-19(24)25;/h4-6,11,14,17H,7-10,12-13H2,1-3H3,(H,20,23)(H,24,25);1H. The lowest BCUT2D eigenvalue weighted by molar-refractivity contribution is -0.138. The van der Waals surface area contributed by atoms with Gasteiger partial charge in [-0.05, 0) is 43.5 Å². The number of carboxylic acids is 1. The van der Waals surface area contributed by atoms with E-state index in [0.717, 1.165) is 31.6 Å². The Morgan fingerprint density at radius 3 is 2.54 bits per heavy atom. The summed E-state index contributed by atoms with van der Waals surface area (Å²) in [5, 5.41) is 11.9. The number of likely N-dealkylation sites (N-methyl/N-ethyl adjacent to an activating group) is 1. The third-order valence-electron chi connectivity index (χ3n) is 4.77. The summed E-state index contributed by atoms with van der Waals surface area (Å²) in [6.45, 7) is 6.33. The van der Waals surface area contributed by atoms with Crippen LogP contribution in [-0.4, -0.2) is 66.1 Å². The lowest BCUT2D eigenvalue weighted by atomic mass is 10.0. The van der Waals surface area contributed by atoms with E-state index >= 15 is 0 Å². The Labute approximate surface area is 162 Å². The van der Waals surface area contributed by atoms with Gasteiger partial charge >= 0.3 is 5.97 Å². The number of benzene rings is 1. The molecule has 2 N–H and O–H groups in total. The summed E-state index contributed by atoms with van der Waals surface area (Å²) in [4.78, 5) is 27.1. The first-order chi connectivity index (χ1) is 11.8. The highest BCUT2D eigenvalue weighted by atomic mass is 35.5. The maximum Gasteiger partial charge on any atom is 0.317 e. The fraction of sp³-hybridized carbons (Fsp3) is 0.579. The second-order valence-electron chi connectivity index (χ2n) is 7.14.